The van der Waals surface area contributed by atoms with Crippen LogP contribution in [0.3, 0.4) is 0 Å². The monoisotopic (exact) mass is 422 g/mol. The Bertz CT molecular complexity index is 1400. The highest BCUT2D eigenvalue weighted by Crippen LogP contribution is 2.36. The van der Waals surface area contributed by atoms with Gasteiger partial charge in [-0.05, 0) is 34.5 Å². The van der Waals surface area contributed by atoms with Crippen molar-refractivity contribution in [2.45, 2.75) is 16.3 Å². The summed E-state index contributed by atoms with van der Waals surface area (Å²) in [5.74, 6) is -0.457. The summed E-state index contributed by atoms with van der Waals surface area (Å²) in [4.78, 5) is 12.7. The molecule has 7 heteroatoms. The summed E-state index contributed by atoms with van der Waals surface area (Å²) in [6, 6.07) is 18.4. The number of carbonyl (C=O) groups excluding carboxylic acids is 1. The molecule has 1 N–H and O–H groups in total. The second-order valence-electron chi connectivity index (χ2n) is 6.94. The maximum atomic E-state index is 13.2. The van der Waals surface area contributed by atoms with Gasteiger partial charge in [0.15, 0.2) is 0 Å². The van der Waals surface area contributed by atoms with Crippen LogP contribution in [0.4, 0.5) is 5.69 Å². The average Bonchev–Trinajstić information content (AvgIpc) is 3.12. The third-order valence-electron chi connectivity index (χ3n) is 5.09. The number of halogens is 1. The average molecular weight is 423 g/mol. The largest absolute Gasteiger partial charge is 0.348 e. The van der Waals surface area contributed by atoms with Crippen molar-refractivity contribution in [2.75, 3.05) is 5.32 Å². The highest BCUT2D eigenvalue weighted by atomic mass is 35.5. The molecule has 5 nitrogen and oxygen atoms in total. The van der Waals surface area contributed by atoms with Crippen molar-refractivity contribution in [3.8, 4) is 0 Å². The number of amides is 1. The minimum atomic E-state index is -3.90. The molecular formula is C22H15ClN2O3S. The number of hydrogen-bond donors (Lipinski definition) is 1. The summed E-state index contributed by atoms with van der Waals surface area (Å²) in [6.45, 7) is 0.444. The quantitative estimate of drug-likeness (QED) is 0.507. The number of hydrogen-bond acceptors (Lipinski definition) is 3. The van der Waals surface area contributed by atoms with Gasteiger partial charge in [0.05, 0.1) is 16.1 Å². The number of benzene rings is 3. The fourth-order valence-electron chi connectivity index (χ4n) is 3.72. The third-order valence-corrected chi connectivity index (χ3v) is 7.15. The number of fused-ring (bicyclic) bond motifs is 3. The number of sulfone groups is 1. The van der Waals surface area contributed by atoms with E-state index in [2.05, 4.69) is 5.32 Å². The van der Waals surface area contributed by atoms with Crippen LogP contribution < -0.4 is 5.32 Å². The summed E-state index contributed by atoms with van der Waals surface area (Å²) in [6.07, 6.45) is 3.10. The molecule has 1 aliphatic heterocycles. The van der Waals surface area contributed by atoms with E-state index >= 15 is 0 Å². The molecule has 4 aromatic rings. The van der Waals surface area contributed by atoms with E-state index in [-0.39, 0.29) is 21.0 Å². The summed E-state index contributed by atoms with van der Waals surface area (Å²) < 4.78 is 28.2. The van der Waals surface area contributed by atoms with Crippen molar-refractivity contribution < 1.29 is 13.2 Å². The second kappa shape index (κ2) is 6.47. The normalized spacial score (nSPS) is 14.7. The lowest BCUT2D eigenvalue weighted by Gasteiger charge is -2.09. The van der Waals surface area contributed by atoms with Crippen LogP contribution >= 0.6 is 11.6 Å². The van der Waals surface area contributed by atoms with E-state index in [1.165, 1.54) is 18.3 Å². The Balaban J connectivity index is 1.64. The van der Waals surface area contributed by atoms with Crippen LogP contribution in [-0.4, -0.2) is 18.9 Å². The Kier molecular flexibility index (Phi) is 4.01. The fraction of sp³-hybridized carbons (Fsp3) is 0.0455. The predicted octanol–water partition coefficient (Wildman–Crippen LogP) is 4.74. The van der Waals surface area contributed by atoms with Gasteiger partial charge in [-0.15, -0.1) is 0 Å². The van der Waals surface area contributed by atoms with Gasteiger partial charge in [0.2, 0.25) is 9.84 Å². The minimum Gasteiger partial charge on any atom is -0.348 e. The SMILES string of the molecule is O=C1Nc2ccc(Cl)cc2S(=O)(=O)c2cn(Cc3cccc4ccccc34)cc21. The van der Waals surface area contributed by atoms with Gasteiger partial charge >= 0.3 is 0 Å². The second-order valence-corrected chi connectivity index (χ2v) is 9.27. The van der Waals surface area contributed by atoms with Crippen LogP contribution in [0.1, 0.15) is 15.9 Å². The van der Waals surface area contributed by atoms with Crippen LogP contribution in [0, 0.1) is 0 Å². The molecule has 29 heavy (non-hydrogen) atoms. The first-order chi connectivity index (χ1) is 13.9. The molecule has 144 valence electrons. The Hall–Kier alpha value is -3.09. The van der Waals surface area contributed by atoms with Gasteiger partial charge in [-0.3, -0.25) is 4.79 Å². The highest BCUT2D eigenvalue weighted by molar-refractivity contribution is 7.91. The molecule has 0 saturated heterocycles. The van der Waals surface area contributed by atoms with E-state index in [0.29, 0.717) is 11.6 Å². The zero-order valence-electron chi connectivity index (χ0n) is 15.1. The molecule has 5 rings (SSSR count). The molecular weight excluding hydrogens is 408 g/mol. The van der Waals surface area contributed by atoms with E-state index in [9.17, 15) is 13.2 Å². The zero-order chi connectivity index (χ0) is 20.2. The van der Waals surface area contributed by atoms with E-state index in [1.54, 1.807) is 16.8 Å². The molecule has 3 aromatic carbocycles. The topological polar surface area (TPSA) is 68.2 Å². The molecule has 1 amide bonds. The van der Waals surface area contributed by atoms with Crippen molar-refractivity contribution in [3.05, 3.63) is 89.2 Å². The minimum absolute atomic E-state index is 0.0000101. The summed E-state index contributed by atoms with van der Waals surface area (Å²) in [5.41, 5.74) is 1.39. The molecule has 0 fully saturated rings. The van der Waals surface area contributed by atoms with E-state index < -0.39 is 15.7 Å². The van der Waals surface area contributed by atoms with Gasteiger partial charge < -0.3 is 9.88 Å². The molecule has 1 aliphatic rings. The predicted molar refractivity (Wildman–Crippen MR) is 112 cm³/mol. The van der Waals surface area contributed by atoms with Gasteiger partial charge in [0.25, 0.3) is 5.91 Å². The van der Waals surface area contributed by atoms with Crippen LogP contribution in [0.25, 0.3) is 10.8 Å². The first-order valence-corrected chi connectivity index (χ1v) is 10.8. The number of rotatable bonds is 2. The zero-order valence-corrected chi connectivity index (χ0v) is 16.7. The van der Waals surface area contributed by atoms with Crippen LogP contribution in [0.2, 0.25) is 5.02 Å². The molecule has 0 aliphatic carbocycles. The molecule has 0 saturated carbocycles. The molecule has 1 aromatic heterocycles. The number of carbonyl (C=O) groups is 1. The summed E-state index contributed by atoms with van der Waals surface area (Å²) >= 11 is 6.01. The van der Waals surface area contributed by atoms with Gasteiger partial charge in [-0.1, -0.05) is 54.1 Å². The van der Waals surface area contributed by atoms with Crippen molar-refractivity contribution in [1.82, 2.24) is 4.57 Å². The Morgan fingerprint density at radius 1 is 0.931 bits per heavy atom. The maximum Gasteiger partial charge on any atom is 0.258 e. The van der Waals surface area contributed by atoms with Crippen molar-refractivity contribution in [3.63, 3.8) is 0 Å². The molecule has 2 heterocycles. The first kappa shape index (κ1) is 18.0. The van der Waals surface area contributed by atoms with Gasteiger partial charge in [0.1, 0.15) is 4.90 Å². The van der Waals surface area contributed by atoms with Gasteiger partial charge in [-0.2, -0.15) is 0 Å². The standard InChI is InChI=1S/C22H15ClN2O3S/c23-16-8-9-19-20(10-16)29(27,28)21-13-25(12-18(21)22(26)24-19)11-15-6-3-5-14-4-1-2-7-17(14)15/h1-10,12-13H,11H2,(H,24,26). The highest BCUT2D eigenvalue weighted by Gasteiger charge is 2.33. The van der Waals surface area contributed by atoms with Gasteiger partial charge in [-0.25, -0.2) is 8.42 Å². The van der Waals surface area contributed by atoms with Crippen molar-refractivity contribution in [2.24, 2.45) is 0 Å². The fourth-order valence-corrected chi connectivity index (χ4v) is 5.59. The number of aromatic nitrogens is 1. The molecule has 0 atom stereocenters. The smallest absolute Gasteiger partial charge is 0.258 e. The van der Waals surface area contributed by atoms with Crippen LogP contribution in [-0.2, 0) is 16.4 Å². The summed E-state index contributed by atoms with van der Waals surface area (Å²) in [7, 11) is -3.90. The number of nitrogens with zero attached hydrogens (tertiary/aromatic N) is 1. The lowest BCUT2D eigenvalue weighted by Crippen LogP contribution is -2.11. The van der Waals surface area contributed by atoms with Crippen LogP contribution in [0.15, 0.2) is 82.8 Å². The number of anilines is 1. The van der Waals surface area contributed by atoms with Gasteiger partial charge in [0, 0.05) is 24.0 Å². The van der Waals surface area contributed by atoms with E-state index in [1.807, 2.05) is 42.5 Å². The molecule has 0 spiro atoms. The third kappa shape index (κ3) is 2.92. The van der Waals surface area contributed by atoms with E-state index in [0.717, 1.165) is 16.3 Å². The number of nitrogens with one attached hydrogen (secondary N) is 1. The first-order valence-electron chi connectivity index (χ1n) is 8.96. The Morgan fingerprint density at radius 3 is 2.59 bits per heavy atom. The Morgan fingerprint density at radius 2 is 1.72 bits per heavy atom. The van der Waals surface area contributed by atoms with Crippen molar-refractivity contribution >= 4 is 43.8 Å². The van der Waals surface area contributed by atoms with E-state index in [4.69, 9.17) is 11.6 Å². The Labute approximate surface area is 172 Å². The lowest BCUT2D eigenvalue weighted by molar-refractivity contribution is 0.102. The van der Waals surface area contributed by atoms with Crippen molar-refractivity contribution in [1.29, 1.82) is 0 Å². The summed E-state index contributed by atoms with van der Waals surface area (Å²) in [5, 5.41) is 5.16. The molecule has 0 bridgehead atoms. The van der Waals surface area contributed by atoms with Crippen LogP contribution in [0.5, 0.6) is 0 Å². The molecule has 0 radical (unpaired) electrons. The maximum absolute atomic E-state index is 13.2. The molecule has 0 unspecified atom stereocenters. The lowest BCUT2D eigenvalue weighted by atomic mass is 10.0.